The van der Waals surface area contributed by atoms with E-state index in [4.69, 9.17) is 9.47 Å². The molecule has 1 aliphatic rings. The minimum atomic E-state index is -0.237. The summed E-state index contributed by atoms with van der Waals surface area (Å²) in [5.74, 6) is 0.589. The third-order valence-corrected chi connectivity index (χ3v) is 4.40. The molecule has 0 spiro atoms. The highest BCUT2D eigenvalue weighted by Gasteiger charge is 2.28. The maximum Gasteiger partial charge on any atom is 0.158 e. The molecule has 1 atom stereocenters. The van der Waals surface area contributed by atoms with E-state index in [1.165, 1.54) is 12.1 Å². The second-order valence-electron chi connectivity index (χ2n) is 5.95. The molecule has 0 amide bonds. The first kappa shape index (κ1) is 15.7. The third kappa shape index (κ3) is 3.10. The van der Waals surface area contributed by atoms with Crippen molar-refractivity contribution in [2.75, 3.05) is 25.2 Å². The smallest absolute Gasteiger partial charge is 0.158 e. The molecule has 1 fully saturated rings. The zero-order chi connectivity index (χ0) is 17.2. The molecule has 0 radical (unpaired) electrons. The molecule has 2 heterocycles. The van der Waals surface area contributed by atoms with Crippen molar-refractivity contribution in [2.45, 2.75) is 6.23 Å². The summed E-state index contributed by atoms with van der Waals surface area (Å²) < 4.78 is 26.4. The van der Waals surface area contributed by atoms with E-state index in [2.05, 4.69) is 11.0 Å². The molecule has 5 heteroatoms. The maximum atomic E-state index is 13.1. The Morgan fingerprint density at radius 1 is 1.08 bits per heavy atom. The van der Waals surface area contributed by atoms with Crippen molar-refractivity contribution >= 4 is 5.69 Å². The number of hydrogen-bond acceptors (Lipinski definition) is 3. The summed E-state index contributed by atoms with van der Waals surface area (Å²) >= 11 is 0. The fraction of sp³-hybridized carbons (Fsp3) is 0.200. The van der Waals surface area contributed by atoms with Gasteiger partial charge in [0.1, 0.15) is 11.6 Å². The second-order valence-corrected chi connectivity index (χ2v) is 5.95. The van der Waals surface area contributed by atoms with E-state index >= 15 is 0 Å². The van der Waals surface area contributed by atoms with Gasteiger partial charge in [-0.15, -0.1) is 0 Å². The van der Waals surface area contributed by atoms with Crippen LogP contribution in [0.25, 0.3) is 5.69 Å². The van der Waals surface area contributed by atoms with Crippen LogP contribution < -0.4 is 9.64 Å². The van der Waals surface area contributed by atoms with Gasteiger partial charge in [-0.05, 0) is 42.5 Å². The summed E-state index contributed by atoms with van der Waals surface area (Å²) in [5, 5.41) is 0. The van der Waals surface area contributed by atoms with Crippen molar-refractivity contribution in [3.63, 3.8) is 0 Å². The Hall–Kier alpha value is -2.79. The number of methoxy groups -OCH3 is 1. The molecule has 1 saturated heterocycles. The van der Waals surface area contributed by atoms with Gasteiger partial charge in [0.05, 0.1) is 13.7 Å². The highest BCUT2D eigenvalue weighted by Crippen LogP contribution is 2.34. The van der Waals surface area contributed by atoms with Gasteiger partial charge in [-0.3, -0.25) is 0 Å². The van der Waals surface area contributed by atoms with Gasteiger partial charge in [0.15, 0.2) is 6.23 Å². The predicted octanol–water partition coefficient (Wildman–Crippen LogP) is 4.16. The van der Waals surface area contributed by atoms with Gasteiger partial charge in [-0.2, -0.15) is 0 Å². The average Bonchev–Trinajstić information content (AvgIpc) is 3.31. The quantitative estimate of drug-likeness (QED) is 0.715. The molecular weight excluding hydrogens is 319 g/mol. The van der Waals surface area contributed by atoms with Crippen LogP contribution in [0.4, 0.5) is 10.1 Å². The van der Waals surface area contributed by atoms with Gasteiger partial charge in [-0.25, -0.2) is 4.39 Å². The van der Waals surface area contributed by atoms with Crippen molar-refractivity contribution in [1.82, 2.24) is 4.57 Å². The minimum Gasteiger partial charge on any atom is -0.497 e. The van der Waals surface area contributed by atoms with Crippen molar-refractivity contribution in [3.8, 4) is 11.4 Å². The summed E-state index contributed by atoms with van der Waals surface area (Å²) in [4.78, 5) is 2.22. The van der Waals surface area contributed by atoms with Crippen LogP contribution in [0.5, 0.6) is 5.75 Å². The SMILES string of the molecule is COc1cccc(N2CCO[C@@H]2c2ccn(-c3ccc(F)cc3)c2)c1. The van der Waals surface area contributed by atoms with Gasteiger partial charge in [-0.1, -0.05) is 6.07 Å². The number of halogens is 1. The molecule has 3 aromatic rings. The molecule has 0 aliphatic carbocycles. The van der Waals surface area contributed by atoms with Gasteiger partial charge < -0.3 is 18.9 Å². The molecule has 4 nitrogen and oxygen atoms in total. The van der Waals surface area contributed by atoms with E-state index in [1.54, 1.807) is 19.2 Å². The largest absolute Gasteiger partial charge is 0.497 e. The monoisotopic (exact) mass is 338 g/mol. The van der Waals surface area contributed by atoms with Crippen LogP contribution in [0, 0.1) is 5.82 Å². The molecule has 25 heavy (non-hydrogen) atoms. The van der Waals surface area contributed by atoms with Gasteiger partial charge in [0.2, 0.25) is 0 Å². The fourth-order valence-electron chi connectivity index (χ4n) is 3.13. The van der Waals surface area contributed by atoms with E-state index < -0.39 is 0 Å². The molecular formula is C20H19FN2O2. The molecule has 0 saturated carbocycles. The summed E-state index contributed by atoms with van der Waals surface area (Å²) in [6, 6.07) is 16.5. The summed E-state index contributed by atoms with van der Waals surface area (Å²) in [5.41, 5.74) is 3.04. The zero-order valence-electron chi connectivity index (χ0n) is 13.9. The first-order valence-corrected chi connectivity index (χ1v) is 8.21. The Bertz CT molecular complexity index is 860. The van der Waals surface area contributed by atoms with Crippen LogP contribution >= 0.6 is 0 Å². The lowest BCUT2D eigenvalue weighted by Crippen LogP contribution is -2.22. The summed E-state index contributed by atoms with van der Waals surface area (Å²) in [6.45, 7) is 1.49. The Morgan fingerprint density at radius 3 is 2.72 bits per heavy atom. The van der Waals surface area contributed by atoms with Gasteiger partial charge in [0.25, 0.3) is 0 Å². The van der Waals surface area contributed by atoms with E-state index in [9.17, 15) is 4.39 Å². The first-order valence-electron chi connectivity index (χ1n) is 8.21. The number of nitrogens with zero attached hydrogens (tertiary/aromatic N) is 2. The van der Waals surface area contributed by atoms with Crippen LogP contribution in [-0.4, -0.2) is 24.8 Å². The number of benzene rings is 2. The van der Waals surface area contributed by atoms with Gasteiger partial charge in [0, 0.05) is 41.9 Å². The molecule has 2 aromatic carbocycles. The van der Waals surface area contributed by atoms with E-state index in [0.29, 0.717) is 6.61 Å². The Morgan fingerprint density at radius 2 is 1.92 bits per heavy atom. The molecule has 0 unspecified atom stereocenters. The molecule has 1 aromatic heterocycles. The van der Waals surface area contributed by atoms with Crippen molar-refractivity contribution < 1.29 is 13.9 Å². The van der Waals surface area contributed by atoms with Crippen LogP contribution in [0.3, 0.4) is 0 Å². The average molecular weight is 338 g/mol. The van der Waals surface area contributed by atoms with Crippen molar-refractivity contribution in [2.24, 2.45) is 0 Å². The van der Waals surface area contributed by atoms with Crippen LogP contribution in [0.1, 0.15) is 11.8 Å². The summed E-state index contributed by atoms with van der Waals surface area (Å²) in [6.07, 6.45) is 3.85. The molecule has 4 rings (SSSR count). The highest BCUT2D eigenvalue weighted by atomic mass is 19.1. The first-order chi connectivity index (χ1) is 12.2. The predicted molar refractivity (Wildman–Crippen MR) is 94.8 cm³/mol. The maximum absolute atomic E-state index is 13.1. The van der Waals surface area contributed by atoms with Crippen molar-refractivity contribution in [3.05, 3.63) is 78.4 Å². The lowest BCUT2D eigenvalue weighted by atomic mass is 10.2. The molecule has 0 bridgehead atoms. The highest BCUT2D eigenvalue weighted by molar-refractivity contribution is 5.53. The zero-order valence-corrected chi connectivity index (χ0v) is 13.9. The number of anilines is 1. The normalized spacial score (nSPS) is 17.0. The van der Waals surface area contributed by atoms with E-state index in [0.717, 1.165) is 29.2 Å². The minimum absolute atomic E-state index is 0.145. The van der Waals surface area contributed by atoms with Crippen LogP contribution in [-0.2, 0) is 4.74 Å². The van der Waals surface area contributed by atoms with E-state index in [1.807, 2.05) is 41.2 Å². The lowest BCUT2D eigenvalue weighted by Gasteiger charge is -2.25. The number of ether oxygens (including phenoxy) is 2. The molecule has 1 aliphatic heterocycles. The standard InChI is InChI=1S/C20H19FN2O2/c1-24-19-4-2-3-18(13-19)23-11-12-25-20(23)15-9-10-22(14-15)17-7-5-16(21)6-8-17/h2-10,13-14,20H,11-12H2,1H3/t20-/m1/s1. The number of rotatable bonds is 4. The molecule has 0 N–H and O–H groups in total. The number of aromatic nitrogens is 1. The van der Waals surface area contributed by atoms with Crippen LogP contribution in [0.2, 0.25) is 0 Å². The third-order valence-electron chi connectivity index (χ3n) is 4.40. The lowest BCUT2D eigenvalue weighted by molar-refractivity contribution is 0.114. The Labute approximate surface area is 146 Å². The second kappa shape index (κ2) is 6.61. The summed E-state index contributed by atoms with van der Waals surface area (Å²) in [7, 11) is 1.67. The van der Waals surface area contributed by atoms with Crippen LogP contribution in [0.15, 0.2) is 67.0 Å². The topological polar surface area (TPSA) is 26.6 Å². The fourth-order valence-corrected chi connectivity index (χ4v) is 3.13. The number of hydrogen-bond donors (Lipinski definition) is 0. The van der Waals surface area contributed by atoms with Gasteiger partial charge >= 0.3 is 0 Å². The Kier molecular flexibility index (Phi) is 4.15. The Balaban J connectivity index is 1.61. The van der Waals surface area contributed by atoms with Crippen molar-refractivity contribution in [1.29, 1.82) is 0 Å². The van der Waals surface area contributed by atoms with E-state index in [-0.39, 0.29) is 12.0 Å². The molecule has 128 valence electrons.